The minimum Gasteiger partial charge on any atom is -0.484 e. The molecule has 140 valence electrons. The smallest absolute Gasteiger partial charge is 0.338 e. The van der Waals surface area contributed by atoms with E-state index in [0.29, 0.717) is 22.3 Å². The number of para-hydroxylation sites is 1. The summed E-state index contributed by atoms with van der Waals surface area (Å²) in [5.74, 6) is -0.756. The molecule has 0 spiro atoms. The summed E-state index contributed by atoms with van der Waals surface area (Å²) in [5, 5.41) is 10.0. The van der Waals surface area contributed by atoms with Crippen molar-refractivity contribution in [3.63, 3.8) is 0 Å². The van der Waals surface area contributed by atoms with Crippen molar-refractivity contribution >= 4 is 22.8 Å². The number of aromatic carboxylic acids is 1. The van der Waals surface area contributed by atoms with Gasteiger partial charge in [-0.1, -0.05) is 51.1 Å². The third-order valence-electron chi connectivity index (χ3n) is 4.66. The van der Waals surface area contributed by atoms with Crippen molar-refractivity contribution in [2.24, 2.45) is 0 Å². The number of carbonyl (C=O) groups excluding carboxylic acids is 1. The Balaban J connectivity index is 1.85. The predicted octanol–water partition coefficient (Wildman–Crippen LogP) is 4.66. The molecule has 0 bridgehead atoms. The van der Waals surface area contributed by atoms with Gasteiger partial charge in [0, 0.05) is 11.1 Å². The lowest BCUT2D eigenvalue weighted by atomic mass is 9.87. The fourth-order valence-corrected chi connectivity index (χ4v) is 3.22. The van der Waals surface area contributed by atoms with Gasteiger partial charge in [0.25, 0.3) is 5.91 Å². The van der Waals surface area contributed by atoms with Crippen LogP contribution >= 0.6 is 0 Å². The van der Waals surface area contributed by atoms with E-state index in [1.165, 1.54) is 10.1 Å². The summed E-state index contributed by atoms with van der Waals surface area (Å²) < 4.78 is 7.06. The van der Waals surface area contributed by atoms with Gasteiger partial charge in [-0.05, 0) is 36.1 Å². The molecule has 3 rings (SSSR count). The summed E-state index contributed by atoms with van der Waals surface area (Å²) in [6, 6.07) is 14.7. The third kappa shape index (κ3) is 3.58. The molecule has 0 saturated carbocycles. The van der Waals surface area contributed by atoms with Crippen LogP contribution < -0.4 is 4.74 Å². The number of hydrogen-bond acceptors (Lipinski definition) is 3. The number of carbonyl (C=O) groups is 2. The number of nitrogens with zero attached hydrogens (tertiary/aromatic N) is 1. The van der Waals surface area contributed by atoms with Crippen molar-refractivity contribution in [2.45, 2.75) is 33.1 Å². The normalized spacial score (nSPS) is 11.6. The van der Waals surface area contributed by atoms with E-state index in [-0.39, 0.29) is 23.5 Å². The van der Waals surface area contributed by atoms with Crippen molar-refractivity contribution in [3.8, 4) is 5.75 Å². The maximum atomic E-state index is 12.8. The number of ether oxygens (including phenoxy) is 1. The highest BCUT2D eigenvalue weighted by atomic mass is 16.5. The Hall–Kier alpha value is -3.08. The van der Waals surface area contributed by atoms with Gasteiger partial charge in [0.2, 0.25) is 0 Å². The lowest BCUT2D eigenvalue weighted by Crippen LogP contribution is -2.20. The Kier molecular flexibility index (Phi) is 4.79. The zero-order valence-corrected chi connectivity index (χ0v) is 15.9. The predicted molar refractivity (Wildman–Crippen MR) is 105 cm³/mol. The molecule has 1 heterocycles. The van der Waals surface area contributed by atoms with Crippen LogP contribution in [-0.4, -0.2) is 28.2 Å². The first-order valence-electron chi connectivity index (χ1n) is 8.80. The molecular formula is C22H23NO4. The Morgan fingerprint density at radius 2 is 1.67 bits per heavy atom. The number of benzene rings is 2. The highest BCUT2D eigenvalue weighted by molar-refractivity contribution is 6.08. The minimum absolute atomic E-state index is 0.0444. The Bertz CT molecular complexity index is 1010. The van der Waals surface area contributed by atoms with Gasteiger partial charge in [0.15, 0.2) is 6.61 Å². The highest BCUT2D eigenvalue weighted by Gasteiger charge is 2.22. The number of fused-ring (bicyclic) bond motifs is 1. The standard InChI is InChI=1S/C22H23NO4/c1-14-20(21(25)26)17-7-5-6-8-18(17)23(14)19(24)13-27-16-11-9-15(10-12-16)22(2,3)4/h5-12H,13H2,1-4H3,(H,25,26). The minimum atomic E-state index is -1.05. The van der Waals surface area contributed by atoms with Crippen LogP contribution in [0.25, 0.3) is 10.9 Å². The van der Waals surface area contributed by atoms with E-state index in [1.807, 2.05) is 24.3 Å². The van der Waals surface area contributed by atoms with Crippen molar-refractivity contribution in [3.05, 3.63) is 65.4 Å². The summed E-state index contributed by atoms with van der Waals surface area (Å²) in [5.41, 5.74) is 2.35. The zero-order chi connectivity index (χ0) is 19.8. The van der Waals surface area contributed by atoms with Gasteiger partial charge in [-0.3, -0.25) is 9.36 Å². The van der Waals surface area contributed by atoms with Crippen molar-refractivity contribution in [2.75, 3.05) is 6.61 Å². The van der Waals surface area contributed by atoms with Crippen LogP contribution in [0.4, 0.5) is 0 Å². The number of carboxylic acid groups (broad SMARTS) is 1. The molecule has 2 aromatic carbocycles. The van der Waals surface area contributed by atoms with Crippen molar-refractivity contribution in [1.29, 1.82) is 0 Å². The maximum Gasteiger partial charge on any atom is 0.338 e. The fourth-order valence-electron chi connectivity index (χ4n) is 3.22. The average Bonchev–Trinajstić information content (AvgIpc) is 2.91. The first kappa shape index (κ1) is 18.7. The molecule has 5 heteroatoms. The lowest BCUT2D eigenvalue weighted by molar-refractivity contribution is 0.0698. The maximum absolute atomic E-state index is 12.8. The van der Waals surface area contributed by atoms with Gasteiger partial charge in [0.1, 0.15) is 5.75 Å². The Morgan fingerprint density at radius 1 is 1.04 bits per heavy atom. The number of aromatic nitrogens is 1. The van der Waals surface area contributed by atoms with E-state index in [2.05, 4.69) is 20.8 Å². The van der Waals surface area contributed by atoms with Crippen LogP contribution in [0.15, 0.2) is 48.5 Å². The third-order valence-corrected chi connectivity index (χ3v) is 4.66. The van der Waals surface area contributed by atoms with Gasteiger partial charge in [-0.15, -0.1) is 0 Å². The first-order chi connectivity index (χ1) is 12.7. The summed E-state index contributed by atoms with van der Waals surface area (Å²) in [7, 11) is 0. The van der Waals surface area contributed by atoms with E-state index < -0.39 is 5.97 Å². The second kappa shape index (κ2) is 6.91. The molecule has 1 aromatic heterocycles. The summed E-state index contributed by atoms with van der Waals surface area (Å²) in [6.45, 7) is 7.86. The molecule has 1 N–H and O–H groups in total. The van der Waals surface area contributed by atoms with Crippen LogP contribution in [-0.2, 0) is 5.41 Å². The largest absolute Gasteiger partial charge is 0.484 e. The molecule has 0 aliphatic carbocycles. The number of carboxylic acids is 1. The molecule has 0 aliphatic heterocycles. The lowest BCUT2D eigenvalue weighted by Gasteiger charge is -2.19. The highest BCUT2D eigenvalue weighted by Crippen LogP contribution is 2.27. The van der Waals surface area contributed by atoms with Crippen molar-refractivity contribution < 1.29 is 19.4 Å². The SMILES string of the molecule is Cc1c(C(=O)O)c2ccccc2n1C(=O)COc1ccc(C(C)(C)C)cc1. The van der Waals surface area contributed by atoms with E-state index in [4.69, 9.17) is 4.74 Å². The Labute approximate surface area is 158 Å². The molecule has 0 amide bonds. The second-order valence-electron chi connectivity index (χ2n) is 7.57. The second-order valence-corrected chi connectivity index (χ2v) is 7.57. The molecule has 0 radical (unpaired) electrons. The van der Waals surface area contributed by atoms with E-state index in [0.717, 1.165) is 0 Å². The molecular weight excluding hydrogens is 342 g/mol. The van der Waals surface area contributed by atoms with E-state index in [9.17, 15) is 14.7 Å². The van der Waals surface area contributed by atoms with Gasteiger partial charge < -0.3 is 9.84 Å². The summed E-state index contributed by atoms with van der Waals surface area (Å²) in [4.78, 5) is 24.4. The molecule has 27 heavy (non-hydrogen) atoms. The van der Waals surface area contributed by atoms with Gasteiger partial charge in [-0.25, -0.2) is 4.79 Å². The van der Waals surface area contributed by atoms with E-state index >= 15 is 0 Å². The van der Waals surface area contributed by atoms with Crippen LogP contribution in [0, 0.1) is 6.92 Å². The molecule has 0 saturated heterocycles. The molecule has 5 nitrogen and oxygen atoms in total. The zero-order valence-electron chi connectivity index (χ0n) is 15.9. The number of rotatable bonds is 4. The molecule has 0 fully saturated rings. The van der Waals surface area contributed by atoms with Crippen molar-refractivity contribution in [1.82, 2.24) is 4.57 Å². The molecule has 0 atom stereocenters. The van der Waals surface area contributed by atoms with Gasteiger partial charge in [-0.2, -0.15) is 0 Å². The molecule has 3 aromatic rings. The van der Waals surface area contributed by atoms with Crippen LogP contribution in [0.1, 0.15) is 47.2 Å². The average molecular weight is 365 g/mol. The van der Waals surface area contributed by atoms with Crippen LogP contribution in [0.3, 0.4) is 0 Å². The monoisotopic (exact) mass is 365 g/mol. The quantitative estimate of drug-likeness (QED) is 0.730. The number of hydrogen-bond donors (Lipinski definition) is 1. The molecule has 0 unspecified atom stereocenters. The van der Waals surface area contributed by atoms with Crippen LogP contribution in [0.2, 0.25) is 0 Å². The summed E-state index contributed by atoms with van der Waals surface area (Å²) >= 11 is 0. The van der Waals surface area contributed by atoms with Gasteiger partial charge >= 0.3 is 5.97 Å². The van der Waals surface area contributed by atoms with E-state index in [1.54, 1.807) is 31.2 Å². The fraction of sp³-hybridized carbons (Fsp3) is 0.273. The summed E-state index contributed by atoms with van der Waals surface area (Å²) in [6.07, 6.45) is 0. The first-order valence-corrected chi connectivity index (χ1v) is 8.80. The molecule has 0 aliphatic rings. The Morgan fingerprint density at radius 3 is 2.26 bits per heavy atom. The van der Waals surface area contributed by atoms with Crippen LogP contribution in [0.5, 0.6) is 5.75 Å². The topological polar surface area (TPSA) is 68.5 Å². The van der Waals surface area contributed by atoms with Gasteiger partial charge in [0.05, 0.1) is 11.1 Å².